The van der Waals surface area contributed by atoms with Gasteiger partial charge in [0.1, 0.15) is 24.0 Å². The number of likely N-dealkylation sites (N-methyl/N-ethyl adjacent to an activating group) is 1. The minimum Gasteiger partial charge on any atom is -0.496 e. The maximum atomic E-state index is 13.8. The molecule has 0 amide bonds. The summed E-state index contributed by atoms with van der Waals surface area (Å²) in [7, 11) is 3.42. The fourth-order valence-corrected chi connectivity index (χ4v) is 4.14. The first kappa shape index (κ1) is 22.5. The fraction of sp³-hybridized carbons (Fsp3) is 0.192. The zero-order valence-electron chi connectivity index (χ0n) is 19.4. The van der Waals surface area contributed by atoms with Crippen molar-refractivity contribution in [2.24, 2.45) is 0 Å². The van der Waals surface area contributed by atoms with E-state index in [-0.39, 0.29) is 6.61 Å². The van der Waals surface area contributed by atoms with Crippen LogP contribution in [0, 0.1) is 18.6 Å². The first-order chi connectivity index (χ1) is 16.9. The summed E-state index contributed by atoms with van der Waals surface area (Å²) in [4.78, 5) is 15.0. The Hall–Kier alpha value is -4.27. The minimum atomic E-state index is -0.636. The molecule has 1 N–H and O–H groups in total. The molecule has 2 aromatic carbocycles. The lowest BCUT2D eigenvalue weighted by molar-refractivity contribution is 0.264. The lowest BCUT2D eigenvalue weighted by Gasteiger charge is -2.35. The van der Waals surface area contributed by atoms with E-state index in [0.29, 0.717) is 28.8 Å². The van der Waals surface area contributed by atoms with Crippen LogP contribution < -0.4 is 19.7 Å². The van der Waals surface area contributed by atoms with Gasteiger partial charge >= 0.3 is 0 Å². The van der Waals surface area contributed by atoms with Crippen LogP contribution >= 0.6 is 0 Å². The van der Waals surface area contributed by atoms with E-state index in [4.69, 9.17) is 9.47 Å². The van der Waals surface area contributed by atoms with Crippen molar-refractivity contribution in [1.29, 1.82) is 0 Å². The third kappa shape index (κ3) is 4.57. The number of methoxy groups -OCH3 is 1. The Labute approximate surface area is 201 Å². The molecular formula is C26H23F2N5O2. The van der Waals surface area contributed by atoms with Gasteiger partial charge in [0.25, 0.3) is 0 Å². The van der Waals surface area contributed by atoms with Crippen LogP contribution in [0.25, 0.3) is 11.1 Å². The number of hydrogen-bond acceptors (Lipinski definition) is 7. The number of aryl methyl sites for hydroxylation is 1. The number of hydrogen-bond donors (Lipinski definition) is 1. The zero-order chi connectivity index (χ0) is 24.5. The molecule has 0 aliphatic carbocycles. The van der Waals surface area contributed by atoms with Crippen LogP contribution in [0.5, 0.6) is 11.5 Å². The summed E-state index contributed by atoms with van der Waals surface area (Å²) in [6.45, 7) is 2.16. The summed E-state index contributed by atoms with van der Waals surface area (Å²) in [6.07, 6.45) is 3.34. The number of rotatable bonds is 5. The molecule has 35 heavy (non-hydrogen) atoms. The topological polar surface area (TPSA) is 72.4 Å². The van der Waals surface area contributed by atoms with E-state index in [9.17, 15) is 8.78 Å². The molecule has 0 radical (unpaired) electrons. The van der Waals surface area contributed by atoms with Crippen molar-refractivity contribution < 1.29 is 18.3 Å². The van der Waals surface area contributed by atoms with Gasteiger partial charge in [-0.05, 0) is 54.4 Å². The molecule has 2 aromatic heterocycles. The Bertz CT molecular complexity index is 1380. The van der Waals surface area contributed by atoms with E-state index in [1.807, 2.05) is 42.2 Å². The number of halogens is 2. The largest absolute Gasteiger partial charge is 0.496 e. The van der Waals surface area contributed by atoms with Crippen LogP contribution in [0.1, 0.15) is 17.3 Å². The Morgan fingerprint density at radius 3 is 2.60 bits per heavy atom. The highest BCUT2D eigenvalue weighted by Gasteiger charge is 2.29. The van der Waals surface area contributed by atoms with Crippen molar-refractivity contribution in [2.75, 3.05) is 31.0 Å². The number of ether oxygens (including phenoxy) is 2. The van der Waals surface area contributed by atoms with E-state index in [2.05, 4.69) is 20.3 Å². The standard InChI is InChI=1S/C26H23F2N5O2/c1-15-8-16(6-7-29-15)21-5-4-20(12-23(21)34-3)31-26-30-13-24-25(32-26)33(2)22(14-35-24)17-9-18(27)11-19(28)10-17/h4-13,22H,14H2,1-3H3,(H,30,31,32). The summed E-state index contributed by atoms with van der Waals surface area (Å²) < 4.78 is 39.0. The molecule has 9 heteroatoms. The van der Waals surface area contributed by atoms with E-state index in [1.54, 1.807) is 26.6 Å². The molecular weight excluding hydrogens is 452 g/mol. The molecule has 1 unspecified atom stereocenters. The highest BCUT2D eigenvalue weighted by atomic mass is 19.1. The van der Waals surface area contributed by atoms with Gasteiger partial charge in [0.2, 0.25) is 5.95 Å². The van der Waals surface area contributed by atoms with Gasteiger partial charge in [-0.3, -0.25) is 4.98 Å². The van der Waals surface area contributed by atoms with Crippen LogP contribution in [0.15, 0.2) is 60.9 Å². The van der Waals surface area contributed by atoms with Crippen molar-refractivity contribution >= 4 is 17.5 Å². The molecule has 1 atom stereocenters. The quantitative estimate of drug-likeness (QED) is 0.412. The number of anilines is 3. The second-order valence-electron chi connectivity index (χ2n) is 8.25. The van der Waals surface area contributed by atoms with Crippen molar-refractivity contribution in [1.82, 2.24) is 15.0 Å². The summed E-state index contributed by atoms with van der Waals surface area (Å²) in [5.74, 6) is 0.769. The Morgan fingerprint density at radius 1 is 1.06 bits per heavy atom. The predicted molar refractivity (Wildman–Crippen MR) is 129 cm³/mol. The molecule has 178 valence electrons. The van der Waals surface area contributed by atoms with Gasteiger partial charge in [0.05, 0.1) is 19.3 Å². The normalized spacial score (nSPS) is 14.8. The van der Waals surface area contributed by atoms with Gasteiger partial charge in [0.15, 0.2) is 11.6 Å². The van der Waals surface area contributed by atoms with E-state index < -0.39 is 17.7 Å². The number of fused-ring (bicyclic) bond motifs is 1. The number of nitrogens with one attached hydrogen (secondary N) is 1. The van der Waals surface area contributed by atoms with Crippen molar-refractivity contribution in [3.05, 3.63) is 83.8 Å². The molecule has 3 heterocycles. The molecule has 0 spiro atoms. The maximum absolute atomic E-state index is 13.8. The average Bonchev–Trinajstić information content (AvgIpc) is 2.84. The molecule has 1 aliphatic rings. The number of pyridine rings is 1. The van der Waals surface area contributed by atoms with E-state index >= 15 is 0 Å². The van der Waals surface area contributed by atoms with Crippen LogP contribution in [-0.4, -0.2) is 35.7 Å². The van der Waals surface area contributed by atoms with Crippen molar-refractivity contribution in [3.63, 3.8) is 0 Å². The average molecular weight is 475 g/mol. The Kier molecular flexibility index (Phi) is 5.90. The number of benzene rings is 2. The fourth-order valence-electron chi connectivity index (χ4n) is 4.14. The first-order valence-corrected chi connectivity index (χ1v) is 11.0. The van der Waals surface area contributed by atoms with Gasteiger partial charge in [-0.2, -0.15) is 4.98 Å². The van der Waals surface area contributed by atoms with Crippen LogP contribution in [0.3, 0.4) is 0 Å². The van der Waals surface area contributed by atoms with E-state index in [0.717, 1.165) is 28.6 Å². The highest BCUT2D eigenvalue weighted by molar-refractivity contribution is 5.74. The number of aromatic nitrogens is 3. The van der Waals surface area contributed by atoms with Gasteiger partial charge in [0, 0.05) is 42.3 Å². The molecule has 0 saturated heterocycles. The second-order valence-corrected chi connectivity index (χ2v) is 8.25. The molecule has 7 nitrogen and oxygen atoms in total. The molecule has 0 fully saturated rings. The lowest BCUT2D eigenvalue weighted by atomic mass is 10.0. The molecule has 5 rings (SSSR count). The third-order valence-electron chi connectivity index (χ3n) is 5.87. The number of nitrogens with zero attached hydrogens (tertiary/aromatic N) is 4. The predicted octanol–water partition coefficient (Wildman–Crippen LogP) is 5.45. The molecule has 4 aromatic rings. The summed E-state index contributed by atoms with van der Waals surface area (Å²) >= 11 is 0. The van der Waals surface area contributed by atoms with Crippen molar-refractivity contribution in [2.45, 2.75) is 13.0 Å². The molecule has 0 bridgehead atoms. The monoisotopic (exact) mass is 475 g/mol. The van der Waals surface area contributed by atoms with E-state index in [1.165, 1.54) is 12.1 Å². The SMILES string of the molecule is COc1cc(Nc2ncc3c(n2)N(C)C(c2cc(F)cc(F)c2)CO3)ccc1-c1ccnc(C)c1. The highest BCUT2D eigenvalue weighted by Crippen LogP contribution is 2.38. The maximum Gasteiger partial charge on any atom is 0.229 e. The summed E-state index contributed by atoms with van der Waals surface area (Å²) in [5.41, 5.74) is 4.06. The van der Waals surface area contributed by atoms with Crippen LogP contribution in [0.4, 0.5) is 26.2 Å². The zero-order valence-corrected chi connectivity index (χ0v) is 19.4. The van der Waals surface area contributed by atoms with Crippen LogP contribution in [-0.2, 0) is 0 Å². The molecule has 1 aliphatic heterocycles. The summed E-state index contributed by atoms with van der Waals surface area (Å²) in [6, 6.07) is 12.7. The second kappa shape index (κ2) is 9.17. The van der Waals surface area contributed by atoms with Crippen molar-refractivity contribution in [3.8, 4) is 22.6 Å². The Balaban J connectivity index is 1.41. The lowest BCUT2D eigenvalue weighted by Crippen LogP contribution is -2.34. The summed E-state index contributed by atoms with van der Waals surface area (Å²) in [5, 5.41) is 3.20. The van der Waals surface area contributed by atoms with Gasteiger partial charge in [-0.15, -0.1) is 0 Å². The smallest absolute Gasteiger partial charge is 0.229 e. The minimum absolute atomic E-state index is 0.218. The van der Waals surface area contributed by atoms with Gasteiger partial charge in [-0.1, -0.05) is 0 Å². The van der Waals surface area contributed by atoms with Gasteiger partial charge < -0.3 is 19.7 Å². The Morgan fingerprint density at radius 2 is 1.86 bits per heavy atom. The van der Waals surface area contributed by atoms with Gasteiger partial charge in [-0.25, -0.2) is 13.8 Å². The first-order valence-electron chi connectivity index (χ1n) is 11.0. The third-order valence-corrected chi connectivity index (χ3v) is 5.87. The van der Waals surface area contributed by atoms with Crippen LogP contribution in [0.2, 0.25) is 0 Å². The molecule has 0 saturated carbocycles.